The molecular formula is C16H23FN2O2. The Morgan fingerprint density at radius 2 is 2.05 bits per heavy atom. The topological polar surface area (TPSA) is 55.2 Å². The predicted molar refractivity (Wildman–Crippen MR) is 81.9 cm³/mol. The zero-order valence-corrected chi connectivity index (χ0v) is 12.7. The van der Waals surface area contributed by atoms with E-state index >= 15 is 0 Å². The van der Waals surface area contributed by atoms with Crippen LogP contribution in [-0.2, 0) is 0 Å². The van der Waals surface area contributed by atoms with Crippen LogP contribution in [-0.4, -0.2) is 11.5 Å². The maximum Gasteiger partial charge on any atom is 0.327 e. The summed E-state index contributed by atoms with van der Waals surface area (Å²) >= 11 is 0. The van der Waals surface area contributed by atoms with Gasteiger partial charge in [-0.25, -0.2) is 0 Å². The largest absolute Gasteiger partial charge is 0.379 e. The van der Waals surface area contributed by atoms with Crippen molar-refractivity contribution < 1.29 is 9.31 Å². The number of benzene rings is 1. The zero-order valence-electron chi connectivity index (χ0n) is 12.7. The van der Waals surface area contributed by atoms with E-state index in [1.54, 1.807) is 6.07 Å². The number of rotatable bonds is 6. The van der Waals surface area contributed by atoms with E-state index in [4.69, 9.17) is 0 Å². The molecule has 1 aromatic carbocycles. The number of nitrogens with zero attached hydrogens (tertiary/aromatic N) is 1. The van der Waals surface area contributed by atoms with Crippen molar-refractivity contribution in [2.45, 2.75) is 46.0 Å². The highest BCUT2D eigenvalue weighted by atomic mass is 19.1. The molecule has 1 aliphatic carbocycles. The van der Waals surface area contributed by atoms with Crippen molar-refractivity contribution in [1.82, 2.24) is 0 Å². The van der Waals surface area contributed by atoms with Crippen LogP contribution in [0.2, 0.25) is 0 Å². The molecule has 4 nitrogen and oxygen atoms in total. The number of nitro benzene ring substituents is 1. The molecule has 0 spiro atoms. The highest BCUT2D eigenvalue weighted by Crippen LogP contribution is 2.43. The van der Waals surface area contributed by atoms with Crippen molar-refractivity contribution >= 4 is 11.4 Å². The fourth-order valence-electron chi connectivity index (χ4n) is 3.57. The van der Waals surface area contributed by atoms with Crippen molar-refractivity contribution in [1.29, 1.82) is 0 Å². The van der Waals surface area contributed by atoms with Crippen LogP contribution in [0.25, 0.3) is 0 Å². The lowest BCUT2D eigenvalue weighted by Crippen LogP contribution is -2.28. The van der Waals surface area contributed by atoms with Gasteiger partial charge in [-0.15, -0.1) is 0 Å². The summed E-state index contributed by atoms with van der Waals surface area (Å²) in [5.74, 6) is -0.193. The molecule has 1 fully saturated rings. The number of hydrogen-bond acceptors (Lipinski definition) is 3. The minimum atomic E-state index is -0.783. The first-order chi connectivity index (χ1) is 9.93. The molecule has 0 atom stereocenters. The van der Waals surface area contributed by atoms with Gasteiger partial charge in [0.25, 0.3) is 0 Å². The fraction of sp³-hybridized carbons (Fsp3) is 0.625. The summed E-state index contributed by atoms with van der Waals surface area (Å²) in [6.45, 7) is 5.07. The summed E-state index contributed by atoms with van der Waals surface area (Å²) in [4.78, 5) is 10.4. The van der Waals surface area contributed by atoms with Gasteiger partial charge in [0.15, 0.2) is 0 Å². The lowest BCUT2D eigenvalue weighted by Gasteiger charge is -2.31. The summed E-state index contributed by atoms with van der Waals surface area (Å²) in [6.07, 6.45) is 5.80. The lowest BCUT2D eigenvalue weighted by atomic mass is 9.78. The Bertz CT molecular complexity index is 511. The van der Waals surface area contributed by atoms with E-state index in [9.17, 15) is 14.5 Å². The van der Waals surface area contributed by atoms with Gasteiger partial charge < -0.3 is 5.32 Å². The first kappa shape index (κ1) is 15.7. The smallest absolute Gasteiger partial charge is 0.327 e. The van der Waals surface area contributed by atoms with Crippen molar-refractivity contribution in [3.05, 3.63) is 34.1 Å². The Morgan fingerprint density at radius 1 is 1.38 bits per heavy atom. The molecule has 116 valence electrons. The van der Waals surface area contributed by atoms with E-state index < -0.39 is 16.4 Å². The molecule has 0 radical (unpaired) electrons. The molecular weight excluding hydrogens is 271 g/mol. The molecule has 21 heavy (non-hydrogen) atoms. The number of hydrogen-bond donors (Lipinski definition) is 1. The minimum Gasteiger partial charge on any atom is -0.379 e. The quantitative estimate of drug-likeness (QED) is 0.608. The fourth-order valence-corrected chi connectivity index (χ4v) is 3.57. The first-order valence-corrected chi connectivity index (χ1v) is 7.60. The van der Waals surface area contributed by atoms with Gasteiger partial charge in [0.2, 0.25) is 5.82 Å². The van der Waals surface area contributed by atoms with Crippen LogP contribution < -0.4 is 5.32 Å². The molecule has 1 saturated carbocycles. The van der Waals surface area contributed by atoms with Gasteiger partial charge in [0.05, 0.1) is 4.92 Å². The van der Waals surface area contributed by atoms with Gasteiger partial charge in [0, 0.05) is 6.54 Å². The number of anilines is 1. The zero-order chi connectivity index (χ0) is 15.5. The molecule has 0 amide bonds. The monoisotopic (exact) mass is 294 g/mol. The summed E-state index contributed by atoms with van der Waals surface area (Å²) in [7, 11) is 0. The van der Waals surface area contributed by atoms with Crippen LogP contribution in [0.4, 0.5) is 15.8 Å². The van der Waals surface area contributed by atoms with E-state index in [0.29, 0.717) is 12.5 Å². The maximum absolute atomic E-state index is 13.6. The number of nitrogens with one attached hydrogen (secondary N) is 1. The molecule has 0 unspecified atom stereocenters. The van der Waals surface area contributed by atoms with Gasteiger partial charge in [-0.05, 0) is 42.7 Å². The van der Waals surface area contributed by atoms with Gasteiger partial charge in [-0.2, -0.15) is 4.39 Å². The van der Waals surface area contributed by atoms with Crippen LogP contribution in [0.3, 0.4) is 0 Å². The molecule has 1 aromatic rings. The van der Waals surface area contributed by atoms with Crippen molar-refractivity contribution in [3.63, 3.8) is 0 Å². The molecule has 0 bridgehead atoms. The standard InChI is InChI=1S/C16H23FN2O2/c1-12(2)10-16(8-3-4-9-16)11-18-14-7-5-6-13(17)15(14)19(20)21/h5-7,12,18H,3-4,8-11H2,1-2H3. The molecule has 1 aliphatic rings. The van der Waals surface area contributed by atoms with Crippen LogP contribution in [0.1, 0.15) is 46.0 Å². The molecule has 0 saturated heterocycles. The van der Waals surface area contributed by atoms with Gasteiger partial charge in [0.1, 0.15) is 5.69 Å². The highest BCUT2D eigenvalue weighted by molar-refractivity contribution is 5.62. The average molecular weight is 294 g/mol. The Labute approximate surface area is 124 Å². The Morgan fingerprint density at radius 3 is 2.62 bits per heavy atom. The lowest BCUT2D eigenvalue weighted by molar-refractivity contribution is -0.386. The molecule has 0 heterocycles. The second-order valence-electron chi connectivity index (χ2n) is 6.55. The third-order valence-corrected chi connectivity index (χ3v) is 4.33. The van der Waals surface area contributed by atoms with Crippen LogP contribution in [0, 0.1) is 27.3 Å². The van der Waals surface area contributed by atoms with Crippen molar-refractivity contribution in [2.75, 3.05) is 11.9 Å². The summed E-state index contributed by atoms with van der Waals surface area (Å²) in [5.41, 5.74) is 0.0270. The van der Waals surface area contributed by atoms with E-state index in [1.807, 2.05) is 0 Å². The maximum atomic E-state index is 13.6. The van der Waals surface area contributed by atoms with E-state index in [2.05, 4.69) is 19.2 Å². The van der Waals surface area contributed by atoms with Crippen LogP contribution in [0.5, 0.6) is 0 Å². The SMILES string of the molecule is CC(C)CC1(CNc2cccc(F)c2[N+](=O)[O-])CCCC1. The third-order valence-electron chi connectivity index (χ3n) is 4.33. The Balaban J connectivity index is 2.15. The normalized spacial score (nSPS) is 17.1. The van der Waals surface area contributed by atoms with Crippen LogP contribution in [0.15, 0.2) is 18.2 Å². The molecule has 1 N–H and O–H groups in total. The first-order valence-electron chi connectivity index (χ1n) is 7.60. The van der Waals surface area contributed by atoms with Crippen molar-refractivity contribution in [2.24, 2.45) is 11.3 Å². The Hall–Kier alpha value is -1.65. The predicted octanol–water partition coefficient (Wildman–Crippen LogP) is 4.75. The second kappa shape index (κ2) is 6.41. The Kier molecular flexibility index (Phi) is 4.80. The second-order valence-corrected chi connectivity index (χ2v) is 6.55. The third kappa shape index (κ3) is 3.71. The van der Waals surface area contributed by atoms with E-state index in [1.165, 1.54) is 18.9 Å². The summed E-state index contributed by atoms with van der Waals surface area (Å²) in [5, 5.41) is 14.2. The molecule has 2 rings (SSSR count). The summed E-state index contributed by atoms with van der Waals surface area (Å²) < 4.78 is 13.6. The number of halogens is 1. The minimum absolute atomic E-state index is 0.189. The number of nitro groups is 1. The van der Waals surface area contributed by atoms with Crippen molar-refractivity contribution in [3.8, 4) is 0 Å². The summed E-state index contributed by atoms with van der Waals surface area (Å²) in [6, 6.07) is 4.22. The van der Waals surface area contributed by atoms with Gasteiger partial charge in [-0.3, -0.25) is 10.1 Å². The van der Waals surface area contributed by atoms with Gasteiger partial charge >= 0.3 is 5.69 Å². The highest BCUT2D eigenvalue weighted by Gasteiger charge is 2.34. The van der Waals surface area contributed by atoms with Gasteiger partial charge in [-0.1, -0.05) is 32.8 Å². The average Bonchev–Trinajstić information content (AvgIpc) is 2.84. The molecule has 5 heteroatoms. The van der Waals surface area contributed by atoms with E-state index in [-0.39, 0.29) is 11.1 Å². The van der Waals surface area contributed by atoms with E-state index in [0.717, 1.165) is 25.3 Å². The van der Waals surface area contributed by atoms with Crippen LogP contribution >= 0.6 is 0 Å². The molecule has 0 aromatic heterocycles. The molecule has 0 aliphatic heterocycles. The number of para-hydroxylation sites is 1.